The number of benzene rings is 1. The maximum absolute atomic E-state index is 14.0. The van der Waals surface area contributed by atoms with Crippen LogP contribution in [0.15, 0.2) is 36.7 Å². The first kappa shape index (κ1) is 26.4. The van der Waals surface area contributed by atoms with Crippen LogP contribution in [-0.2, 0) is 9.59 Å². The minimum absolute atomic E-state index is 0.0202. The predicted octanol–water partition coefficient (Wildman–Crippen LogP) is 4.75. The fourth-order valence-corrected chi connectivity index (χ4v) is 5.68. The number of methoxy groups -OCH3 is 1. The van der Waals surface area contributed by atoms with Crippen LogP contribution in [0.3, 0.4) is 0 Å². The van der Waals surface area contributed by atoms with E-state index in [4.69, 9.17) is 16.3 Å². The molecular weight excluding hydrogens is 476 g/mol. The molecule has 36 heavy (non-hydrogen) atoms. The van der Waals surface area contributed by atoms with Crippen LogP contribution in [0.2, 0.25) is 5.02 Å². The Labute approximate surface area is 218 Å². The number of carbonyl (C=O) groups is 2. The van der Waals surface area contributed by atoms with E-state index >= 15 is 0 Å². The molecule has 7 nitrogen and oxygen atoms in total. The van der Waals surface area contributed by atoms with Crippen LogP contribution >= 0.6 is 11.6 Å². The average molecular weight is 513 g/mol. The van der Waals surface area contributed by atoms with Crippen molar-refractivity contribution in [2.45, 2.75) is 70.0 Å². The predicted molar refractivity (Wildman–Crippen MR) is 142 cm³/mol. The van der Waals surface area contributed by atoms with Crippen LogP contribution in [0.25, 0.3) is 11.1 Å². The maximum Gasteiger partial charge on any atom is 0.245 e. The number of hydrogen-bond donors (Lipinski definition) is 2. The van der Waals surface area contributed by atoms with E-state index in [9.17, 15) is 9.59 Å². The maximum atomic E-state index is 14.0. The van der Waals surface area contributed by atoms with Gasteiger partial charge < -0.3 is 20.3 Å². The monoisotopic (exact) mass is 512 g/mol. The van der Waals surface area contributed by atoms with Crippen molar-refractivity contribution in [3.8, 4) is 16.9 Å². The molecule has 0 spiro atoms. The molecule has 2 aliphatic rings. The van der Waals surface area contributed by atoms with Gasteiger partial charge in [0.25, 0.3) is 0 Å². The Balaban J connectivity index is 1.61. The summed E-state index contributed by atoms with van der Waals surface area (Å²) in [6, 6.07) is 6.66. The second-order valence-electron chi connectivity index (χ2n) is 9.94. The number of hydrogen-bond acceptors (Lipinski definition) is 5. The summed E-state index contributed by atoms with van der Waals surface area (Å²) in [6.45, 7) is 2.49. The smallest absolute Gasteiger partial charge is 0.245 e. The van der Waals surface area contributed by atoms with Gasteiger partial charge in [-0.3, -0.25) is 14.6 Å². The lowest BCUT2D eigenvalue weighted by Crippen LogP contribution is -2.55. The highest BCUT2D eigenvalue weighted by Crippen LogP contribution is 2.38. The van der Waals surface area contributed by atoms with Gasteiger partial charge in [0.15, 0.2) is 0 Å². The van der Waals surface area contributed by atoms with Crippen molar-refractivity contribution in [3.63, 3.8) is 0 Å². The molecule has 0 unspecified atom stereocenters. The lowest BCUT2D eigenvalue weighted by Gasteiger charge is -2.35. The van der Waals surface area contributed by atoms with Crippen molar-refractivity contribution in [1.82, 2.24) is 20.5 Å². The van der Waals surface area contributed by atoms with Gasteiger partial charge in [0.2, 0.25) is 11.8 Å². The Hall–Kier alpha value is -2.64. The summed E-state index contributed by atoms with van der Waals surface area (Å²) in [4.78, 5) is 33.3. The topological polar surface area (TPSA) is 83.6 Å². The van der Waals surface area contributed by atoms with Gasteiger partial charge in [0.05, 0.1) is 19.2 Å². The molecule has 2 fully saturated rings. The molecule has 1 aromatic heterocycles. The fourth-order valence-electron chi connectivity index (χ4n) is 5.51. The number of nitrogens with zero attached hydrogens (tertiary/aromatic N) is 2. The van der Waals surface area contributed by atoms with E-state index in [1.807, 2.05) is 30.2 Å². The molecule has 3 atom stereocenters. The first-order valence-electron chi connectivity index (χ1n) is 13.0. The normalized spacial score (nSPS) is 20.1. The third-order valence-corrected chi connectivity index (χ3v) is 7.90. The highest BCUT2D eigenvalue weighted by Gasteiger charge is 2.39. The van der Waals surface area contributed by atoms with Crippen LogP contribution in [0.1, 0.15) is 63.5 Å². The van der Waals surface area contributed by atoms with Gasteiger partial charge in [-0.25, -0.2) is 0 Å². The van der Waals surface area contributed by atoms with Crippen molar-refractivity contribution in [2.75, 3.05) is 20.7 Å². The number of carbonyl (C=O) groups excluding carboxylic acids is 2. The standard InChI is InChI=1S/C28H37ClN4O3/c1-18(30-2)27(34)32-26(19-8-5-4-6-9-19)28(35)33-13-7-10-24(33)21-14-20(16-31-17-21)23-15-22(29)11-12-25(23)36-3/h11-12,14-19,24,26,30H,4-10,13H2,1-3H3,(H,32,34)/t18-,24-,26-/m0/s1. The minimum Gasteiger partial charge on any atom is -0.496 e. The number of nitrogens with one attached hydrogen (secondary N) is 2. The Morgan fingerprint density at radius 2 is 1.89 bits per heavy atom. The average Bonchev–Trinajstić information content (AvgIpc) is 3.41. The lowest BCUT2D eigenvalue weighted by molar-refractivity contribution is -0.139. The van der Waals surface area contributed by atoms with Gasteiger partial charge >= 0.3 is 0 Å². The number of rotatable bonds is 8. The molecule has 1 saturated carbocycles. The zero-order chi connectivity index (χ0) is 25.7. The van der Waals surface area contributed by atoms with Gasteiger partial charge in [-0.05, 0) is 75.4 Å². The van der Waals surface area contributed by atoms with E-state index in [0.717, 1.165) is 61.0 Å². The van der Waals surface area contributed by atoms with Gasteiger partial charge in [0.1, 0.15) is 11.8 Å². The highest BCUT2D eigenvalue weighted by atomic mass is 35.5. The van der Waals surface area contributed by atoms with Gasteiger partial charge in [-0.2, -0.15) is 0 Å². The molecule has 2 aromatic rings. The zero-order valence-corrected chi connectivity index (χ0v) is 22.2. The SMILES string of the molecule is CN[C@@H](C)C(=O)N[C@H](C(=O)N1CCC[C@H]1c1cncc(-c2cc(Cl)ccc2OC)c1)C1CCCCC1. The molecular formula is C28H37ClN4O3. The van der Waals surface area contributed by atoms with Crippen molar-refractivity contribution in [3.05, 3.63) is 47.2 Å². The van der Waals surface area contributed by atoms with Gasteiger partial charge in [-0.1, -0.05) is 30.9 Å². The van der Waals surface area contributed by atoms with E-state index in [1.165, 1.54) is 6.42 Å². The molecule has 1 aromatic carbocycles. The summed E-state index contributed by atoms with van der Waals surface area (Å²) in [6.07, 6.45) is 10.7. The summed E-state index contributed by atoms with van der Waals surface area (Å²) in [5.74, 6) is 0.776. The van der Waals surface area contributed by atoms with Crippen LogP contribution in [0.4, 0.5) is 0 Å². The van der Waals surface area contributed by atoms with Crippen molar-refractivity contribution in [1.29, 1.82) is 0 Å². The summed E-state index contributed by atoms with van der Waals surface area (Å²) in [5.41, 5.74) is 2.74. The number of likely N-dealkylation sites (N-methyl/N-ethyl adjacent to an activating group) is 1. The van der Waals surface area contributed by atoms with Crippen LogP contribution in [-0.4, -0.2) is 54.5 Å². The van der Waals surface area contributed by atoms with Gasteiger partial charge in [0, 0.05) is 35.1 Å². The van der Waals surface area contributed by atoms with E-state index in [1.54, 1.807) is 26.4 Å². The lowest BCUT2D eigenvalue weighted by atomic mass is 9.83. The second-order valence-corrected chi connectivity index (χ2v) is 10.4. The van der Waals surface area contributed by atoms with Crippen molar-refractivity contribution in [2.24, 2.45) is 5.92 Å². The summed E-state index contributed by atoms with van der Waals surface area (Å²) < 4.78 is 5.55. The fraction of sp³-hybridized carbons (Fsp3) is 0.536. The number of amides is 2. The first-order valence-corrected chi connectivity index (χ1v) is 13.4. The number of likely N-dealkylation sites (tertiary alicyclic amines) is 1. The van der Waals surface area contributed by atoms with Crippen molar-refractivity contribution >= 4 is 23.4 Å². The van der Waals surface area contributed by atoms with Crippen LogP contribution in [0.5, 0.6) is 5.75 Å². The molecule has 2 N–H and O–H groups in total. The summed E-state index contributed by atoms with van der Waals surface area (Å²) in [5, 5.41) is 6.71. The molecule has 0 radical (unpaired) electrons. The van der Waals surface area contributed by atoms with Crippen LogP contribution < -0.4 is 15.4 Å². The Bertz CT molecular complexity index is 1070. The van der Waals surface area contributed by atoms with E-state index < -0.39 is 6.04 Å². The number of aromatic nitrogens is 1. The Morgan fingerprint density at radius 1 is 1.11 bits per heavy atom. The molecule has 8 heteroatoms. The quantitative estimate of drug-likeness (QED) is 0.533. The molecule has 1 aliphatic heterocycles. The molecule has 2 heterocycles. The van der Waals surface area contributed by atoms with E-state index in [0.29, 0.717) is 11.6 Å². The van der Waals surface area contributed by atoms with Gasteiger partial charge in [-0.15, -0.1) is 0 Å². The third kappa shape index (κ3) is 5.84. The molecule has 0 bridgehead atoms. The van der Waals surface area contributed by atoms with Crippen LogP contribution in [0, 0.1) is 5.92 Å². The van der Waals surface area contributed by atoms with Crippen molar-refractivity contribution < 1.29 is 14.3 Å². The largest absolute Gasteiger partial charge is 0.496 e. The Kier molecular flexibility index (Phi) is 8.86. The van der Waals surface area contributed by atoms with E-state index in [2.05, 4.69) is 21.7 Å². The molecule has 194 valence electrons. The number of pyridine rings is 1. The molecule has 1 aliphatic carbocycles. The summed E-state index contributed by atoms with van der Waals surface area (Å²) >= 11 is 6.27. The summed E-state index contributed by atoms with van der Waals surface area (Å²) in [7, 11) is 3.39. The minimum atomic E-state index is -0.502. The number of halogens is 1. The Morgan fingerprint density at radius 3 is 2.61 bits per heavy atom. The second kappa shape index (κ2) is 12.1. The zero-order valence-electron chi connectivity index (χ0n) is 21.4. The molecule has 1 saturated heterocycles. The molecule has 2 amide bonds. The first-order chi connectivity index (χ1) is 17.4. The van der Waals surface area contributed by atoms with E-state index in [-0.39, 0.29) is 29.8 Å². The number of ether oxygens (including phenoxy) is 1. The molecule has 4 rings (SSSR count). The third-order valence-electron chi connectivity index (χ3n) is 7.66. The highest BCUT2D eigenvalue weighted by molar-refractivity contribution is 6.31.